The van der Waals surface area contributed by atoms with Crippen molar-refractivity contribution in [2.24, 2.45) is 0 Å². The summed E-state index contributed by atoms with van der Waals surface area (Å²) in [5.74, 6) is 0.802. The Hall–Kier alpha value is -1.44. The van der Waals surface area contributed by atoms with E-state index in [-0.39, 0.29) is 0 Å². The number of nitriles is 1. The van der Waals surface area contributed by atoms with Crippen LogP contribution in [0.5, 0.6) is 0 Å². The Morgan fingerprint density at radius 1 is 1.22 bits per heavy atom. The highest BCUT2D eigenvalue weighted by molar-refractivity contribution is 9.10. The molecule has 2 N–H and O–H groups in total. The van der Waals surface area contributed by atoms with E-state index in [2.05, 4.69) is 22.0 Å². The summed E-state index contributed by atoms with van der Waals surface area (Å²) in [4.78, 5) is 1.05. The van der Waals surface area contributed by atoms with Crippen LogP contribution in [0.15, 0.2) is 51.8 Å². The standard InChI is InChI=1S/C14H11BrN2S/c15-12-4-5-13(17)14(7-12)18-9-11-3-1-2-10(6-11)8-16/h1-7H,9,17H2. The molecule has 2 rings (SSSR count). The SMILES string of the molecule is N#Cc1cccc(CSc2cc(Br)ccc2N)c1. The molecule has 0 spiro atoms. The zero-order chi connectivity index (χ0) is 13.0. The van der Waals surface area contributed by atoms with Crippen LogP contribution < -0.4 is 5.73 Å². The minimum absolute atomic E-state index is 0.690. The van der Waals surface area contributed by atoms with E-state index in [4.69, 9.17) is 11.0 Å². The van der Waals surface area contributed by atoms with Gasteiger partial charge >= 0.3 is 0 Å². The van der Waals surface area contributed by atoms with E-state index in [9.17, 15) is 0 Å². The van der Waals surface area contributed by atoms with Gasteiger partial charge in [-0.05, 0) is 35.9 Å². The minimum Gasteiger partial charge on any atom is -0.398 e. The summed E-state index contributed by atoms with van der Waals surface area (Å²) < 4.78 is 1.02. The Morgan fingerprint density at radius 2 is 2.06 bits per heavy atom. The first-order valence-electron chi connectivity index (χ1n) is 5.36. The van der Waals surface area contributed by atoms with Crippen LogP contribution in [0.3, 0.4) is 0 Å². The van der Waals surface area contributed by atoms with Gasteiger partial charge in [-0.25, -0.2) is 0 Å². The van der Waals surface area contributed by atoms with Gasteiger partial charge in [0.25, 0.3) is 0 Å². The Kier molecular flexibility index (Phi) is 4.29. The minimum atomic E-state index is 0.690. The number of nitrogen functional groups attached to an aromatic ring is 1. The quantitative estimate of drug-likeness (QED) is 0.681. The monoisotopic (exact) mass is 318 g/mol. The van der Waals surface area contributed by atoms with Crippen molar-refractivity contribution < 1.29 is 0 Å². The average molecular weight is 319 g/mol. The number of hydrogen-bond acceptors (Lipinski definition) is 3. The van der Waals surface area contributed by atoms with E-state index >= 15 is 0 Å². The molecule has 0 saturated carbocycles. The highest BCUT2D eigenvalue weighted by Crippen LogP contribution is 2.30. The van der Waals surface area contributed by atoms with E-state index in [1.807, 2.05) is 42.5 Å². The van der Waals surface area contributed by atoms with Crippen molar-refractivity contribution in [1.82, 2.24) is 0 Å². The number of hydrogen-bond donors (Lipinski definition) is 1. The van der Waals surface area contributed by atoms with Gasteiger partial charge in [-0.15, -0.1) is 11.8 Å². The van der Waals surface area contributed by atoms with Crippen LogP contribution >= 0.6 is 27.7 Å². The number of thioether (sulfide) groups is 1. The fourth-order valence-electron chi connectivity index (χ4n) is 1.52. The summed E-state index contributed by atoms with van der Waals surface area (Å²) in [5, 5.41) is 8.84. The maximum atomic E-state index is 8.84. The van der Waals surface area contributed by atoms with Crippen molar-refractivity contribution in [3.63, 3.8) is 0 Å². The molecule has 0 aliphatic carbocycles. The van der Waals surface area contributed by atoms with Gasteiger partial charge in [-0.1, -0.05) is 28.1 Å². The third kappa shape index (κ3) is 3.28. The normalized spacial score (nSPS) is 10.0. The smallest absolute Gasteiger partial charge is 0.0991 e. The van der Waals surface area contributed by atoms with Crippen molar-refractivity contribution in [2.75, 3.05) is 5.73 Å². The lowest BCUT2D eigenvalue weighted by atomic mass is 10.2. The van der Waals surface area contributed by atoms with Crippen LogP contribution in [-0.4, -0.2) is 0 Å². The second-order valence-electron chi connectivity index (χ2n) is 3.78. The lowest BCUT2D eigenvalue weighted by molar-refractivity contribution is 1.36. The molecular weight excluding hydrogens is 308 g/mol. The van der Waals surface area contributed by atoms with Crippen molar-refractivity contribution in [3.8, 4) is 6.07 Å². The first kappa shape index (κ1) is 13.0. The van der Waals surface area contributed by atoms with E-state index in [0.717, 1.165) is 26.4 Å². The van der Waals surface area contributed by atoms with Crippen LogP contribution in [0.1, 0.15) is 11.1 Å². The Balaban J connectivity index is 2.11. The lowest BCUT2D eigenvalue weighted by Crippen LogP contribution is -1.89. The number of halogens is 1. The molecule has 0 aromatic heterocycles. The molecule has 0 atom stereocenters. The molecule has 0 aliphatic rings. The highest BCUT2D eigenvalue weighted by atomic mass is 79.9. The third-order valence-electron chi connectivity index (χ3n) is 2.43. The van der Waals surface area contributed by atoms with Gasteiger partial charge in [0.05, 0.1) is 11.6 Å². The molecular formula is C14H11BrN2S. The molecule has 0 heterocycles. The number of nitrogens with two attached hydrogens (primary N) is 1. The summed E-state index contributed by atoms with van der Waals surface area (Å²) in [7, 11) is 0. The summed E-state index contributed by atoms with van der Waals surface area (Å²) >= 11 is 5.10. The van der Waals surface area contributed by atoms with E-state index < -0.39 is 0 Å². The van der Waals surface area contributed by atoms with Gasteiger partial charge in [0.2, 0.25) is 0 Å². The van der Waals surface area contributed by atoms with Crippen molar-refractivity contribution in [2.45, 2.75) is 10.6 Å². The number of rotatable bonds is 3. The zero-order valence-electron chi connectivity index (χ0n) is 9.56. The first-order valence-corrected chi connectivity index (χ1v) is 7.14. The van der Waals surface area contributed by atoms with Gasteiger partial charge in [-0.3, -0.25) is 0 Å². The summed E-state index contributed by atoms with van der Waals surface area (Å²) in [6.07, 6.45) is 0. The second kappa shape index (κ2) is 5.94. The molecule has 0 bridgehead atoms. The maximum absolute atomic E-state index is 8.84. The number of anilines is 1. The first-order chi connectivity index (χ1) is 8.69. The van der Waals surface area contributed by atoms with Crippen LogP contribution in [0, 0.1) is 11.3 Å². The zero-order valence-corrected chi connectivity index (χ0v) is 12.0. The summed E-state index contributed by atoms with van der Waals surface area (Å²) in [6, 6.07) is 15.6. The topological polar surface area (TPSA) is 49.8 Å². The van der Waals surface area contributed by atoms with Crippen molar-refractivity contribution >= 4 is 33.4 Å². The van der Waals surface area contributed by atoms with Gasteiger partial charge in [0, 0.05) is 20.8 Å². The molecule has 0 unspecified atom stereocenters. The van der Waals surface area contributed by atoms with Crippen LogP contribution in [0.4, 0.5) is 5.69 Å². The molecule has 4 heteroatoms. The number of nitrogens with zero attached hydrogens (tertiary/aromatic N) is 1. The predicted octanol–water partition coefficient (Wildman–Crippen LogP) is 4.20. The van der Waals surface area contributed by atoms with Gasteiger partial charge in [0.15, 0.2) is 0 Å². The molecule has 90 valence electrons. The second-order valence-corrected chi connectivity index (χ2v) is 5.72. The highest BCUT2D eigenvalue weighted by Gasteiger charge is 2.02. The van der Waals surface area contributed by atoms with E-state index in [1.54, 1.807) is 11.8 Å². The van der Waals surface area contributed by atoms with E-state index in [0.29, 0.717) is 5.56 Å². The van der Waals surface area contributed by atoms with Crippen molar-refractivity contribution in [3.05, 3.63) is 58.1 Å². The lowest BCUT2D eigenvalue weighted by Gasteiger charge is -2.06. The molecule has 0 radical (unpaired) electrons. The molecule has 18 heavy (non-hydrogen) atoms. The van der Waals surface area contributed by atoms with Gasteiger partial charge in [-0.2, -0.15) is 5.26 Å². The Labute approximate surface area is 119 Å². The molecule has 2 nitrogen and oxygen atoms in total. The van der Waals surface area contributed by atoms with Gasteiger partial charge in [0.1, 0.15) is 0 Å². The summed E-state index contributed by atoms with van der Waals surface area (Å²) in [5.41, 5.74) is 8.51. The van der Waals surface area contributed by atoms with Crippen LogP contribution in [0.25, 0.3) is 0 Å². The molecule has 0 amide bonds. The van der Waals surface area contributed by atoms with Gasteiger partial charge < -0.3 is 5.73 Å². The van der Waals surface area contributed by atoms with Crippen LogP contribution in [0.2, 0.25) is 0 Å². The number of benzene rings is 2. The van der Waals surface area contributed by atoms with Crippen molar-refractivity contribution in [1.29, 1.82) is 5.26 Å². The maximum Gasteiger partial charge on any atom is 0.0991 e. The largest absolute Gasteiger partial charge is 0.398 e. The Morgan fingerprint density at radius 3 is 2.83 bits per heavy atom. The molecule has 0 aliphatic heterocycles. The van der Waals surface area contributed by atoms with Crippen LogP contribution in [-0.2, 0) is 5.75 Å². The Bertz CT molecular complexity index is 605. The average Bonchev–Trinajstić information content (AvgIpc) is 2.40. The molecule has 2 aromatic carbocycles. The molecule has 2 aromatic rings. The fraction of sp³-hybridized carbons (Fsp3) is 0.0714. The molecule has 0 fully saturated rings. The van der Waals surface area contributed by atoms with E-state index in [1.165, 1.54) is 0 Å². The fourth-order valence-corrected chi connectivity index (χ4v) is 2.98. The molecule has 0 saturated heterocycles. The predicted molar refractivity (Wildman–Crippen MR) is 79.3 cm³/mol. The summed E-state index contributed by atoms with van der Waals surface area (Å²) in [6.45, 7) is 0. The third-order valence-corrected chi connectivity index (χ3v) is 4.06.